The van der Waals surface area contributed by atoms with Crippen LogP contribution in [-0.4, -0.2) is 78.8 Å². The predicted molar refractivity (Wildman–Crippen MR) is 144 cm³/mol. The highest BCUT2D eigenvalue weighted by molar-refractivity contribution is 5.78. The summed E-state index contributed by atoms with van der Waals surface area (Å²) in [5.74, 6) is 2.00. The SMILES string of the molecule is CNc1cc(-c2nc(-c3cccc4c3CCC4NCC(=O)N3CCN(C)CC3)no2)ccc1OC(C)C. The first-order chi connectivity index (χ1) is 17.9. The quantitative estimate of drug-likeness (QED) is 0.481. The van der Waals surface area contributed by atoms with Crippen molar-refractivity contribution in [2.24, 2.45) is 0 Å². The summed E-state index contributed by atoms with van der Waals surface area (Å²) < 4.78 is 11.5. The van der Waals surface area contributed by atoms with Gasteiger partial charge in [0.2, 0.25) is 11.7 Å². The number of hydrogen-bond acceptors (Lipinski definition) is 8. The van der Waals surface area contributed by atoms with E-state index in [0.29, 0.717) is 18.3 Å². The van der Waals surface area contributed by atoms with Crippen molar-refractivity contribution in [2.75, 3.05) is 52.1 Å². The zero-order valence-corrected chi connectivity index (χ0v) is 22.1. The Labute approximate surface area is 218 Å². The van der Waals surface area contributed by atoms with Crippen LogP contribution in [0.15, 0.2) is 40.9 Å². The van der Waals surface area contributed by atoms with E-state index in [9.17, 15) is 4.79 Å². The Morgan fingerprint density at radius 3 is 2.76 bits per heavy atom. The molecule has 2 heterocycles. The minimum atomic E-state index is 0.0800. The van der Waals surface area contributed by atoms with Gasteiger partial charge >= 0.3 is 0 Å². The van der Waals surface area contributed by atoms with Crippen LogP contribution in [0.5, 0.6) is 5.75 Å². The summed E-state index contributed by atoms with van der Waals surface area (Å²) in [5, 5.41) is 11.0. The highest BCUT2D eigenvalue weighted by Crippen LogP contribution is 2.38. The van der Waals surface area contributed by atoms with E-state index >= 15 is 0 Å². The summed E-state index contributed by atoms with van der Waals surface area (Å²) in [4.78, 5) is 21.7. The number of ether oxygens (including phenoxy) is 1. The maximum Gasteiger partial charge on any atom is 0.258 e. The third kappa shape index (κ3) is 5.47. The largest absolute Gasteiger partial charge is 0.489 e. The van der Waals surface area contributed by atoms with Gasteiger partial charge in [0, 0.05) is 50.4 Å². The van der Waals surface area contributed by atoms with Crippen LogP contribution in [0.2, 0.25) is 0 Å². The fraction of sp³-hybridized carbons (Fsp3) is 0.464. The van der Waals surface area contributed by atoms with Gasteiger partial charge in [-0.2, -0.15) is 4.98 Å². The summed E-state index contributed by atoms with van der Waals surface area (Å²) in [5.41, 5.74) is 5.11. The van der Waals surface area contributed by atoms with Crippen molar-refractivity contribution < 1.29 is 14.1 Å². The number of benzene rings is 2. The third-order valence-electron chi connectivity index (χ3n) is 7.15. The second-order valence-electron chi connectivity index (χ2n) is 10.1. The van der Waals surface area contributed by atoms with E-state index in [1.807, 2.05) is 56.1 Å². The van der Waals surface area contributed by atoms with Crippen LogP contribution in [0.3, 0.4) is 0 Å². The molecule has 9 nitrogen and oxygen atoms in total. The number of fused-ring (bicyclic) bond motifs is 1. The average Bonchev–Trinajstić information content (AvgIpc) is 3.55. The molecule has 1 fully saturated rings. The van der Waals surface area contributed by atoms with Gasteiger partial charge in [-0.15, -0.1) is 0 Å². The van der Waals surface area contributed by atoms with E-state index in [4.69, 9.17) is 14.2 Å². The van der Waals surface area contributed by atoms with Crippen LogP contribution in [0.4, 0.5) is 5.69 Å². The molecule has 1 unspecified atom stereocenters. The van der Waals surface area contributed by atoms with E-state index in [1.165, 1.54) is 11.1 Å². The molecular formula is C28H36N6O3. The van der Waals surface area contributed by atoms with Crippen LogP contribution in [-0.2, 0) is 11.2 Å². The molecule has 0 bridgehead atoms. The Morgan fingerprint density at radius 1 is 1.19 bits per heavy atom. The van der Waals surface area contributed by atoms with Crippen molar-refractivity contribution >= 4 is 11.6 Å². The standard InChI is InChI=1S/C28H36N6O3/c1-18(2)36-25-11-8-19(16-24(25)29-3)28-31-27(32-37-28)22-7-5-6-21-20(22)9-10-23(21)30-17-26(35)34-14-12-33(4)13-15-34/h5-8,11,16,18,23,29-30H,9-10,12-15,17H2,1-4H3. The molecule has 0 radical (unpaired) electrons. The summed E-state index contributed by atoms with van der Waals surface area (Å²) in [7, 11) is 3.96. The maximum absolute atomic E-state index is 12.7. The highest BCUT2D eigenvalue weighted by atomic mass is 16.5. The molecule has 1 aromatic heterocycles. The average molecular weight is 505 g/mol. The normalized spacial score (nSPS) is 17.8. The summed E-state index contributed by atoms with van der Waals surface area (Å²) in [6, 6.07) is 12.2. The lowest BCUT2D eigenvalue weighted by molar-refractivity contribution is -0.131. The lowest BCUT2D eigenvalue weighted by Gasteiger charge is -2.32. The minimum absolute atomic E-state index is 0.0800. The molecule has 9 heteroatoms. The van der Waals surface area contributed by atoms with Crippen molar-refractivity contribution in [1.82, 2.24) is 25.3 Å². The number of piperazine rings is 1. The van der Waals surface area contributed by atoms with Gasteiger partial charge in [-0.25, -0.2) is 0 Å². The monoisotopic (exact) mass is 504 g/mol. The lowest BCUT2D eigenvalue weighted by Crippen LogP contribution is -2.49. The number of anilines is 1. The molecular weight excluding hydrogens is 468 g/mol. The molecule has 0 spiro atoms. The molecule has 0 saturated carbocycles. The zero-order chi connectivity index (χ0) is 25.9. The van der Waals surface area contributed by atoms with Gasteiger partial charge in [-0.1, -0.05) is 23.4 Å². The first-order valence-corrected chi connectivity index (χ1v) is 13.1. The Balaban J connectivity index is 1.30. The molecule has 1 atom stereocenters. The molecule has 5 rings (SSSR count). The van der Waals surface area contributed by atoms with Gasteiger partial charge in [-0.05, 0) is 63.1 Å². The number of nitrogens with zero attached hydrogens (tertiary/aromatic N) is 4. The molecule has 2 aliphatic rings. The molecule has 1 aliphatic heterocycles. The van der Waals surface area contributed by atoms with Crippen molar-refractivity contribution in [3.63, 3.8) is 0 Å². The maximum atomic E-state index is 12.7. The number of likely N-dealkylation sites (N-methyl/N-ethyl adjacent to an activating group) is 1. The first kappa shape index (κ1) is 25.2. The number of hydrogen-bond donors (Lipinski definition) is 2. The van der Waals surface area contributed by atoms with Crippen molar-refractivity contribution in [1.29, 1.82) is 0 Å². The Kier molecular flexibility index (Phi) is 7.43. The number of carbonyl (C=O) groups is 1. The fourth-order valence-corrected chi connectivity index (χ4v) is 5.12. The van der Waals surface area contributed by atoms with Gasteiger partial charge < -0.3 is 29.7 Å². The Bertz CT molecular complexity index is 1250. The minimum Gasteiger partial charge on any atom is -0.489 e. The highest BCUT2D eigenvalue weighted by Gasteiger charge is 2.28. The number of aromatic nitrogens is 2. The topological polar surface area (TPSA) is 95.8 Å². The number of nitrogens with one attached hydrogen (secondary N) is 2. The molecule has 2 aromatic carbocycles. The van der Waals surface area contributed by atoms with Gasteiger partial charge in [0.15, 0.2) is 0 Å². The Hall–Kier alpha value is -3.43. The zero-order valence-electron chi connectivity index (χ0n) is 22.1. The number of amides is 1. The van der Waals surface area contributed by atoms with Crippen molar-refractivity contribution in [3.8, 4) is 28.6 Å². The summed E-state index contributed by atoms with van der Waals surface area (Å²) in [6.45, 7) is 7.82. The van der Waals surface area contributed by atoms with E-state index < -0.39 is 0 Å². The smallest absolute Gasteiger partial charge is 0.258 e. The summed E-state index contributed by atoms with van der Waals surface area (Å²) >= 11 is 0. The molecule has 1 amide bonds. The van der Waals surface area contributed by atoms with Crippen molar-refractivity contribution in [3.05, 3.63) is 47.5 Å². The second kappa shape index (κ2) is 10.9. The van der Waals surface area contributed by atoms with Gasteiger partial charge in [-0.3, -0.25) is 4.79 Å². The number of carbonyl (C=O) groups excluding carboxylic acids is 1. The second-order valence-corrected chi connectivity index (χ2v) is 10.1. The fourth-order valence-electron chi connectivity index (χ4n) is 5.12. The summed E-state index contributed by atoms with van der Waals surface area (Å²) in [6.07, 6.45) is 1.92. The van der Waals surface area contributed by atoms with Gasteiger partial charge in [0.25, 0.3) is 5.89 Å². The van der Waals surface area contributed by atoms with E-state index in [1.54, 1.807) is 0 Å². The van der Waals surface area contributed by atoms with Crippen LogP contribution >= 0.6 is 0 Å². The third-order valence-corrected chi connectivity index (χ3v) is 7.15. The van der Waals surface area contributed by atoms with E-state index in [0.717, 1.165) is 61.6 Å². The Morgan fingerprint density at radius 2 is 2.00 bits per heavy atom. The van der Waals surface area contributed by atoms with Crippen LogP contribution in [0.1, 0.15) is 37.4 Å². The molecule has 2 N–H and O–H groups in total. The number of rotatable bonds is 8. The molecule has 1 saturated heterocycles. The van der Waals surface area contributed by atoms with Crippen LogP contribution in [0.25, 0.3) is 22.8 Å². The van der Waals surface area contributed by atoms with E-state index in [2.05, 4.69) is 33.8 Å². The van der Waals surface area contributed by atoms with Crippen LogP contribution < -0.4 is 15.4 Å². The molecule has 1 aliphatic carbocycles. The lowest BCUT2D eigenvalue weighted by atomic mass is 10.0. The van der Waals surface area contributed by atoms with Gasteiger partial charge in [0.05, 0.1) is 18.3 Å². The molecule has 37 heavy (non-hydrogen) atoms. The molecule has 196 valence electrons. The molecule has 3 aromatic rings. The van der Waals surface area contributed by atoms with Crippen molar-refractivity contribution in [2.45, 2.75) is 38.8 Å². The van der Waals surface area contributed by atoms with Gasteiger partial charge in [0.1, 0.15) is 5.75 Å². The van der Waals surface area contributed by atoms with Crippen LogP contribution in [0, 0.1) is 0 Å². The van der Waals surface area contributed by atoms with E-state index in [-0.39, 0.29) is 18.1 Å². The first-order valence-electron chi connectivity index (χ1n) is 13.1. The predicted octanol–water partition coefficient (Wildman–Crippen LogP) is 3.58.